The third-order valence-corrected chi connectivity index (χ3v) is 7.47. The van der Waals surface area contributed by atoms with E-state index in [1.807, 2.05) is 12.1 Å². The van der Waals surface area contributed by atoms with Crippen molar-refractivity contribution < 1.29 is 9.53 Å². The minimum absolute atomic E-state index is 0.188. The van der Waals surface area contributed by atoms with E-state index in [2.05, 4.69) is 41.1 Å². The second-order valence-corrected chi connectivity index (χ2v) is 9.85. The van der Waals surface area contributed by atoms with Gasteiger partial charge in [0.25, 0.3) is 0 Å². The maximum atomic E-state index is 12.9. The van der Waals surface area contributed by atoms with Crippen LogP contribution in [0.5, 0.6) is 5.75 Å². The highest BCUT2D eigenvalue weighted by Gasteiger charge is 2.35. The number of carbonyl (C=O) groups excluding carboxylic acids is 1. The van der Waals surface area contributed by atoms with E-state index in [1.54, 1.807) is 0 Å². The first kappa shape index (κ1) is 22.0. The summed E-state index contributed by atoms with van der Waals surface area (Å²) in [6, 6.07) is 8.47. The van der Waals surface area contributed by atoms with Gasteiger partial charge in [-0.2, -0.15) is 0 Å². The quantitative estimate of drug-likeness (QED) is 0.515. The highest BCUT2D eigenvalue weighted by molar-refractivity contribution is 7.99. The van der Waals surface area contributed by atoms with Crippen LogP contribution in [0.25, 0.3) is 0 Å². The lowest BCUT2D eigenvalue weighted by atomic mass is 9.78. The van der Waals surface area contributed by atoms with Gasteiger partial charge >= 0.3 is 0 Å². The van der Waals surface area contributed by atoms with Crippen molar-refractivity contribution in [1.82, 2.24) is 19.8 Å². The summed E-state index contributed by atoms with van der Waals surface area (Å²) in [5.74, 6) is 9.17. The first-order chi connectivity index (χ1) is 15.0. The number of hydrogen-bond donors (Lipinski definition) is 1. The van der Waals surface area contributed by atoms with E-state index in [0.717, 1.165) is 25.1 Å². The van der Waals surface area contributed by atoms with Crippen molar-refractivity contribution in [3.63, 3.8) is 0 Å². The monoisotopic (exact) mass is 443 g/mol. The number of ether oxygens (including phenoxy) is 1. The maximum absolute atomic E-state index is 12.9. The Labute approximate surface area is 188 Å². The Morgan fingerprint density at radius 1 is 1.16 bits per heavy atom. The van der Waals surface area contributed by atoms with Crippen LogP contribution in [0.3, 0.4) is 0 Å². The van der Waals surface area contributed by atoms with Crippen LogP contribution in [-0.2, 0) is 11.4 Å². The lowest BCUT2D eigenvalue weighted by Crippen LogP contribution is -2.50. The fourth-order valence-corrected chi connectivity index (χ4v) is 5.51. The SMILES string of the molecule is CC(C)c1ccc(OCc2nnc(SCC(=O)N3CCCC4CCCCC43)n2N)cc1. The van der Waals surface area contributed by atoms with E-state index in [1.165, 1.54) is 47.7 Å². The third kappa shape index (κ3) is 5.17. The molecule has 2 unspecified atom stereocenters. The second-order valence-electron chi connectivity index (χ2n) is 8.91. The van der Waals surface area contributed by atoms with Crippen molar-refractivity contribution in [3.05, 3.63) is 35.7 Å². The number of amides is 1. The van der Waals surface area contributed by atoms with Gasteiger partial charge in [-0.05, 0) is 55.2 Å². The van der Waals surface area contributed by atoms with E-state index in [4.69, 9.17) is 10.6 Å². The average molecular weight is 444 g/mol. The maximum Gasteiger partial charge on any atom is 0.233 e. The molecule has 2 N–H and O–H groups in total. The number of carbonyl (C=O) groups is 1. The number of likely N-dealkylation sites (tertiary alicyclic amines) is 1. The Morgan fingerprint density at radius 3 is 2.68 bits per heavy atom. The Morgan fingerprint density at radius 2 is 1.90 bits per heavy atom. The lowest BCUT2D eigenvalue weighted by molar-refractivity contribution is -0.134. The molecule has 0 spiro atoms. The van der Waals surface area contributed by atoms with E-state index >= 15 is 0 Å². The number of nitrogen functional groups attached to an aromatic ring is 1. The zero-order valence-electron chi connectivity index (χ0n) is 18.5. The van der Waals surface area contributed by atoms with Gasteiger partial charge in [-0.15, -0.1) is 10.2 Å². The van der Waals surface area contributed by atoms with Crippen molar-refractivity contribution in [1.29, 1.82) is 0 Å². The third-order valence-electron chi connectivity index (χ3n) is 6.54. The summed E-state index contributed by atoms with van der Waals surface area (Å²) < 4.78 is 7.24. The number of rotatable bonds is 7. The highest BCUT2D eigenvalue weighted by Crippen LogP contribution is 2.35. The molecule has 2 aromatic rings. The summed E-state index contributed by atoms with van der Waals surface area (Å²) >= 11 is 1.35. The molecule has 2 aliphatic rings. The molecule has 0 radical (unpaired) electrons. The minimum Gasteiger partial charge on any atom is -0.486 e. The summed E-state index contributed by atoms with van der Waals surface area (Å²) in [4.78, 5) is 15.0. The largest absolute Gasteiger partial charge is 0.486 e. The van der Waals surface area contributed by atoms with Crippen LogP contribution < -0.4 is 10.6 Å². The zero-order chi connectivity index (χ0) is 21.8. The number of nitrogens with two attached hydrogens (primary N) is 1. The highest BCUT2D eigenvalue weighted by atomic mass is 32.2. The van der Waals surface area contributed by atoms with Crippen molar-refractivity contribution in [2.75, 3.05) is 18.1 Å². The molecule has 4 rings (SSSR count). The van der Waals surface area contributed by atoms with Gasteiger partial charge in [0.1, 0.15) is 12.4 Å². The number of aromatic nitrogens is 3. The molecular weight excluding hydrogens is 410 g/mol. The number of fused-ring (bicyclic) bond motifs is 1. The lowest BCUT2D eigenvalue weighted by Gasteiger charge is -2.44. The van der Waals surface area contributed by atoms with Crippen molar-refractivity contribution in [2.45, 2.75) is 76.1 Å². The van der Waals surface area contributed by atoms with Crippen molar-refractivity contribution >= 4 is 17.7 Å². The molecule has 1 aliphatic carbocycles. The number of piperidine rings is 1. The van der Waals surface area contributed by atoms with Crippen LogP contribution in [0.1, 0.15) is 69.7 Å². The van der Waals surface area contributed by atoms with Crippen LogP contribution in [0.2, 0.25) is 0 Å². The van der Waals surface area contributed by atoms with E-state index in [-0.39, 0.29) is 12.5 Å². The first-order valence-corrected chi connectivity index (χ1v) is 12.4. The molecule has 1 aromatic heterocycles. The second kappa shape index (κ2) is 9.94. The molecule has 0 bridgehead atoms. The molecule has 7 nitrogen and oxygen atoms in total. The van der Waals surface area contributed by atoms with Gasteiger partial charge in [0.05, 0.1) is 5.75 Å². The first-order valence-electron chi connectivity index (χ1n) is 11.4. The molecule has 168 valence electrons. The van der Waals surface area contributed by atoms with Gasteiger partial charge in [0.2, 0.25) is 11.1 Å². The van der Waals surface area contributed by atoms with E-state index in [0.29, 0.717) is 34.6 Å². The molecule has 2 heterocycles. The summed E-state index contributed by atoms with van der Waals surface area (Å²) in [6.45, 7) is 5.43. The normalized spacial score (nSPS) is 21.2. The van der Waals surface area contributed by atoms with Gasteiger partial charge in [0, 0.05) is 12.6 Å². The summed E-state index contributed by atoms with van der Waals surface area (Å²) in [6.07, 6.45) is 7.34. The number of hydrogen-bond acceptors (Lipinski definition) is 6. The van der Waals surface area contributed by atoms with Crippen molar-refractivity contribution in [2.24, 2.45) is 5.92 Å². The van der Waals surface area contributed by atoms with Crippen LogP contribution in [0.15, 0.2) is 29.4 Å². The van der Waals surface area contributed by atoms with Crippen LogP contribution in [0, 0.1) is 5.92 Å². The molecule has 1 aromatic carbocycles. The summed E-state index contributed by atoms with van der Waals surface area (Å²) in [5.41, 5.74) is 1.27. The minimum atomic E-state index is 0.188. The zero-order valence-corrected chi connectivity index (χ0v) is 19.3. The predicted octanol–water partition coefficient (Wildman–Crippen LogP) is 3.97. The molecular formula is C23H33N5O2S. The number of benzene rings is 1. The van der Waals surface area contributed by atoms with E-state index < -0.39 is 0 Å². The smallest absolute Gasteiger partial charge is 0.233 e. The topological polar surface area (TPSA) is 86.3 Å². The molecule has 1 saturated heterocycles. The average Bonchev–Trinajstić information content (AvgIpc) is 3.15. The Bertz CT molecular complexity index is 881. The molecule has 1 saturated carbocycles. The fourth-order valence-electron chi connectivity index (χ4n) is 4.74. The number of nitrogens with zero attached hydrogens (tertiary/aromatic N) is 4. The summed E-state index contributed by atoms with van der Waals surface area (Å²) in [7, 11) is 0. The molecule has 2 atom stereocenters. The van der Waals surface area contributed by atoms with Gasteiger partial charge in [-0.1, -0.05) is 50.6 Å². The Hall–Kier alpha value is -2.22. The molecule has 1 amide bonds. The van der Waals surface area contributed by atoms with Gasteiger partial charge in [-0.3, -0.25) is 4.79 Å². The fraction of sp³-hybridized carbons (Fsp3) is 0.609. The van der Waals surface area contributed by atoms with Crippen LogP contribution in [0.4, 0.5) is 0 Å². The summed E-state index contributed by atoms with van der Waals surface area (Å²) in [5, 5.41) is 8.85. The van der Waals surface area contributed by atoms with Crippen LogP contribution in [-0.4, -0.2) is 44.0 Å². The van der Waals surface area contributed by atoms with Gasteiger partial charge < -0.3 is 15.5 Å². The predicted molar refractivity (Wildman–Crippen MR) is 122 cm³/mol. The molecule has 8 heteroatoms. The number of thioether (sulfide) groups is 1. The van der Waals surface area contributed by atoms with Gasteiger partial charge in [-0.25, -0.2) is 4.68 Å². The van der Waals surface area contributed by atoms with Gasteiger partial charge in [0.15, 0.2) is 5.82 Å². The Kier molecular flexibility index (Phi) is 7.05. The standard InChI is InChI=1S/C23H33N5O2S/c1-16(2)17-9-11-19(12-10-17)30-14-21-25-26-23(28(21)24)31-15-22(29)27-13-5-7-18-6-3-4-8-20(18)27/h9-12,16,18,20H,3-8,13-15,24H2,1-2H3. The molecule has 1 aliphatic heterocycles. The van der Waals surface area contributed by atoms with Crippen molar-refractivity contribution in [3.8, 4) is 5.75 Å². The molecule has 2 fully saturated rings. The van der Waals surface area contributed by atoms with E-state index in [9.17, 15) is 4.79 Å². The van der Waals surface area contributed by atoms with Crippen LogP contribution >= 0.6 is 11.8 Å². The Balaban J connectivity index is 1.30. The molecule has 31 heavy (non-hydrogen) atoms.